The molecule has 0 aliphatic carbocycles. The smallest absolute Gasteiger partial charge is 0.395 e. The lowest BCUT2D eigenvalue weighted by Crippen LogP contribution is -2.44. The topological polar surface area (TPSA) is 40.5 Å². The molecule has 0 bridgehead atoms. The maximum absolute atomic E-state index is 12.7. The number of aliphatic hydroxyl groups excluding tert-OH is 1. The van der Waals surface area contributed by atoms with Gasteiger partial charge in [0.05, 0.1) is 6.61 Å². The van der Waals surface area contributed by atoms with Crippen LogP contribution in [0.15, 0.2) is 0 Å². The fourth-order valence-corrected chi connectivity index (χ4v) is 1.94. The minimum atomic E-state index is -4.49. The highest BCUT2D eigenvalue weighted by Crippen LogP contribution is 2.45. The Labute approximate surface area is 96.2 Å². The van der Waals surface area contributed by atoms with Gasteiger partial charge < -0.3 is 10.0 Å². The minimum absolute atomic E-state index is 0.0236. The van der Waals surface area contributed by atoms with Crippen LogP contribution in [0.1, 0.15) is 12.8 Å². The summed E-state index contributed by atoms with van der Waals surface area (Å²) in [5.74, 6) is -0.303. The lowest BCUT2D eigenvalue weighted by atomic mass is 9.87. The summed E-state index contributed by atoms with van der Waals surface area (Å²) in [6.07, 6.45) is -4.71. The molecule has 0 spiro atoms. The molecule has 1 saturated heterocycles. The summed E-state index contributed by atoms with van der Waals surface area (Å²) >= 11 is 5.35. The van der Waals surface area contributed by atoms with Crippen molar-refractivity contribution in [1.29, 1.82) is 0 Å². The molecule has 0 aromatic heterocycles. The van der Waals surface area contributed by atoms with E-state index in [1.54, 1.807) is 0 Å². The molecule has 1 rings (SSSR count). The van der Waals surface area contributed by atoms with E-state index in [-0.39, 0.29) is 25.3 Å². The Morgan fingerprint density at radius 3 is 2.50 bits per heavy atom. The molecule has 0 saturated carbocycles. The molecule has 1 amide bonds. The first-order valence-corrected chi connectivity index (χ1v) is 5.41. The van der Waals surface area contributed by atoms with Gasteiger partial charge >= 0.3 is 6.18 Å². The van der Waals surface area contributed by atoms with Gasteiger partial charge in [0.2, 0.25) is 5.91 Å². The van der Waals surface area contributed by atoms with Crippen LogP contribution < -0.4 is 0 Å². The highest BCUT2D eigenvalue weighted by Gasteiger charge is 2.58. The van der Waals surface area contributed by atoms with E-state index in [2.05, 4.69) is 0 Å². The molecule has 1 atom stereocenters. The van der Waals surface area contributed by atoms with Gasteiger partial charge in [-0.1, -0.05) is 0 Å². The summed E-state index contributed by atoms with van der Waals surface area (Å²) in [5.41, 5.74) is -2.16. The number of alkyl halides is 4. The quantitative estimate of drug-likeness (QED) is 0.778. The van der Waals surface area contributed by atoms with Gasteiger partial charge in [-0.25, -0.2) is 0 Å². The number of carbonyl (C=O) groups excluding carboxylic acids is 1. The van der Waals surface area contributed by atoms with Gasteiger partial charge in [-0.05, 0) is 6.42 Å². The van der Waals surface area contributed by atoms with Crippen molar-refractivity contribution in [2.45, 2.75) is 19.0 Å². The van der Waals surface area contributed by atoms with Crippen LogP contribution in [0.25, 0.3) is 0 Å². The Hall–Kier alpha value is -0.490. The Kier molecular flexibility index (Phi) is 4.07. The largest absolute Gasteiger partial charge is 0.398 e. The first kappa shape index (κ1) is 13.6. The van der Waals surface area contributed by atoms with E-state index in [9.17, 15) is 18.0 Å². The van der Waals surface area contributed by atoms with Gasteiger partial charge in [0, 0.05) is 25.4 Å². The van der Waals surface area contributed by atoms with Crippen molar-refractivity contribution in [1.82, 2.24) is 4.90 Å². The third kappa shape index (κ3) is 2.43. The fourth-order valence-electron chi connectivity index (χ4n) is 1.77. The van der Waals surface area contributed by atoms with Crippen molar-refractivity contribution >= 4 is 17.5 Å². The molecular weight excluding hydrogens is 247 g/mol. The molecule has 3 nitrogen and oxygen atoms in total. The Morgan fingerprint density at radius 1 is 1.50 bits per heavy atom. The number of hydrogen-bond acceptors (Lipinski definition) is 2. The van der Waals surface area contributed by atoms with Gasteiger partial charge in [0.1, 0.15) is 5.41 Å². The molecule has 1 N–H and O–H groups in total. The highest BCUT2D eigenvalue weighted by atomic mass is 35.5. The summed E-state index contributed by atoms with van der Waals surface area (Å²) in [6.45, 7) is -1.43. The predicted octanol–water partition coefficient (Wildman–Crippen LogP) is 1.39. The van der Waals surface area contributed by atoms with Crippen LogP contribution in [-0.4, -0.2) is 47.7 Å². The van der Waals surface area contributed by atoms with E-state index in [1.165, 1.54) is 0 Å². The maximum Gasteiger partial charge on any atom is 0.398 e. The lowest BCUT2D eigenvalue weighted by molar-refractivity contribution is -0.230. The monoisotopic (exact) mass is 259 g/mol. The second kappa shape index (κ2) is 4.79. The molecule has 16 heavy (non-hydrogen) atoms. The van der Waals surface area contributed by atoms with E-state index < -0.39 is 30.7 Å². The number of amides is 1. The van der Waals surface area contributed by atoms with Crippen LogP contribution in [0.3, 0.4) is 0 Å². The molecule has 7 heteroatoms. The van der Waals surface area contributed by atoms with Gasteiger partial charge in [0.15, 0.2) is 0 Å². The Morgan fingerprint density at radius 2 is 2.12 bits per heavy atom. The number of carbonyl (C=O) groups is 1. The molecule has 1 fully saturated rings. The third-order valence-electron chi connectivity index (χ3n) is 2.92. The zero-order valence-corrected chi connectivity index (χ0v) is 9.31. The summed E-state index contributed by atoms with van der Waals surface area (Å²) < 4.78 is 38.1. The summed E-state index contributed by atoms with van der Waals surface area (Å²) in [6, 6.07) is 0. The summed E-state index contributed by atoms with van der Waals surface area (Å²) in [7, 11) is 0. The minimum Gasteiger partial charge on any atom is -0.395 e. The number of halogens is 4. The van der Waals surface area contributed by atoms with Gasteiger partial charge in [-0.2, -0.15) is 13.2 Å². The summed E-state index contributed by atoms with van der Waals surface area (Å²) in [5, 5.41) is 8.90. The average molecular weight is 260 g/mol. The van der Waals surface area contributed by atoms with Crippen LogP contribution in [0.2, 0.25) is 0 Å². The number of likely N-dealkylation sites (tertiary alicyclic amines) is 1. The van der Waals surface area contributed by atoms with Gasteiger partial charge in [0.25, 0.3) is 0 Å². The SMILES string of the molecule is O=C(CCCl)N1CC[C@@](CO)(C(F)(F)F)C1. The number of rotatable bonds is 3. The van der Waals surface area contributed by atoms with Crippen LogP contribution >= 0.6 is 11.6 Å². The molecule has 0 aromatic carbocycles. The molecule has 0 aromatic rings. The standard InChI is InChI=1S/C9H13ClF3NO2/c10-3-1-7(16)14-4-2-8(5-14,6-15)9(11,12)13/h15H,1-6H2/t8-/m1/s1. The summed E-state index contributed by atoms with van der Waals surface area (Å²) in [4.78, 5) is 12.5. The molecule has 1 heterocycles. The first-order valence-electron chi connectivity index (χ1n) is 4.87. The molecule has 0 unspecified atom stereocenters. The van der Waals surface area contributed by atoms with E-state index in [0.717, 1.165) is 4.90 Å². The molecule has 1 aliphatic rings. The van der Waals surface area contributed by atoms with Crippen molar-refractivity contribution in [3.8, 4) is 0 Å². The van der Waals surface area contributed by atoms with Crippen LogP contribution in [0, 0.1) is 5.41 Å². The first-order chi connectivity index (χ1) is 7.36. The Balaban J connectivity index is 2.72. The van der Waals surface area contributed by atoms with Crippen LogP contribution in [0.5, 0.6) is 0 Å². The fraction of sp³-hybridized carbons (Fsp3) is 0.889. The molecule has 94 valence electrons. The second-order valence-corrected chi connectivity index (χ2v) is 4.32. The highest BCUT2D eigenvalue weighted by molar-refractivity contribution is 6.18. The van der Waals surface area contributed by atoms with Crippen molar-refractivity contribution in [2.75, 3.05) is 25.6 Å². The Bertz CT molecular complexity index is 272. The predicted molar refractivity (Wildman–Crippen MR) is 52.1 cm³/mol. The second-order valence-electron chi connectivity index (χ2n) is 3.94. The molecular formula is C9H13ClF3NO2. The van der Waals surface area contributed by atoms with E-state index in [0.29, 0.717) is 0 Å². The van der Waals surface area contributed by atoms with Crippen molar-refractivity contribution in [3.63, 3.8) is 0 Å². The average Bonchev–Trinajstić information content (AvgIpc) is 2.62. The normalized spacial score (nSPS) is 26.2. The molecule has 0 radical (unpaired) electrons. The van der Waals surface area contributed by atoms with Gasteiger partial charge in [-0.15, -0.1) is 11.6 Å². The van der Waals surface area contributed by atoms with Crippen molar-refractivity contribution < 1.29 is 23.1 Å². The lowest BCUT2D eigenvalue weighted by Gasteiger charge is -2.29. The van der Waals surface area contributed by atoms with Crippen LogP contribution in [0.4, 0.5) is 13.2 Å². The van der Waals surface area contributed by atoms with E-state index >= 15 is 0 Å². The number of aliphatic hydroxyl groups is 1. The number of nitrogens with zero attached hydrogens (tertiary/aromatic N) is 1. The van der Waals surface area contributed by atoms with Crippen LogP contribution in [-0.2, 0) is 4.79 Å². The molecule has 1 aliphatic heterocycles. The number of hydrogen-bond donors (Lipinski definition) is 1. The van der Waals surface area contributed by atoms with E-state index in [1.807, 2.05) is 0 Å². The van der Waals surface area contributed by atoms with Gasteiger partial charge in [-0.3, -0.25) is 4.79 Å². The zero-order valence-electron chi connectivity index (χ0n) is 8.56. The van der Waals surface area contributed by atoms with Crippen molar-refractivity contribution in [3.05, 3.63) is 0 Å². The zero-order chi connectivity index (χ0) is 12.4. The van der Waals surface area contributed by atoms with E-state index in [4.69, 9.17) is 16.7 Å². The van der Waals surface area contributed by atoms with Crippen molar-refractivity contribution in [2.24, 2.45) is 5.41 Å². The maximum atomic E-state index is 12.7. The third-order valence-corrected chi connectivity index (χ3v) is 3.11.